The highest BCUT2D eigenvalue weighted by molar-refractivity contribution is 9.10. The standard InChI is InChI=1S/C11H16BBrO/c1-11(2,3)8-5-7(12)6-9(13)10(8)14-4/h5-6H,12H2,1-4H3. The summed E-state index contributed by atoms with van der Waals surface area (Å²) < 4.78 is 6.44. The second-order valence-corrected chi connectivity index (χ2v) is 5.43. The van der Waals surface area contributed by atoms with Crippen LogP contribution in [0.2, 0.25) is 0 Å². The number of benzene rings is 1. The summed E-state index contributed by atoms with van der Waals surface area (Å²) in [6, 6.07) is 4.26. The first kappa shape index (κ1) is 11.6. The molecular formula is C11H16BBrO. The fourth-order valence-electron chi connectivity index (χ4n) is 1.49. The van der Waals surface area contributed by atoms with E-state index in [0.717, 1.165) is 10.2 Å². The Labute approximate surface area is 95.4 Å². The molecule has 0 spiro atoms. The largest absolute Gasteiger partial charge is 0.495 e. The van der Waals surface area contributed by atoms with Gasteiger partial charge in [-0.1, -0.05) is 38.4 Å². The minimum Gasteiger partial charge on any atom is -0.495 e. The van der Waals surface area contributed by atoms with Crippen LogP contribution in [0, 0.1) is 0 Å². The molecule has 0 bridgehead atoms. The highest BCUT2D eigenvalue weighted by atomic mass is 79.9. The monoisotopic (exact) mass is 254 g/mol. The lowest BCUT2D eigenvalue weighted by molar-refractivity contribution is 0.395. The molecule has 1 nitrogen and oxygen atoms in total. The van der Waals surface area contributed by atoms with E-state index < -0.39 is 0 Å². The first-order chi connectivity index (χ1) is 6.36. The molecule has 0 radical (unpaired) electrons. The molecule has 14 heavy (non-hydrogen) atoms. The summed E-state index contributed by atoms with van der Waals surface area (Å²) in [4.78, 5) is 0. The molecule has 0 heterocycles. The van der Waals surface area contributed by atoms with Gasteiger partial charge in [0.05, 0.1) is 11.6 Å². The van der Waals surface area contributed by atoms with E-state index in [1.54, 1.807) is 7.11 Å². The Hall–Kier alpha value is -0.435. The third-order valence-electron chi connectivity index (χ3n) is 2.20. The Balaban J connectivity index is 3.40. The second-order valence-electron chi connectivity index (χ2n) is 4.58. The third kappa shape index (κ3) is 2.32. The first-order valence-corrected chi connectivity index (χ1v) is 5.50. The lowest BCUT2D eigenvalue weighted by Gasteiger charge is -2.23. The van der Waals surface area contributed by atoms with Crippen LogP contribution in [0.4, 0.5) is 0 Å². The Morgan fingerprint density at radius 1 is 1.29 bits per heavy atom. The van der Waals surface area contributed by atoms with Crippen LogP contribution in [0.3, 0.4) is 0 Å². The van der Waals surface area contributed by atoms with Crippen LogP contribution in [-0.4, -0.2) is 15.0 Å². The molecule has 0 N–H and O–H groups in total. The Morgan fingerprint density at radius 3 is 2.29 bits per heavy atom. The van der Waals surface area contributed by atoms with Crippen LogP contribution in [-0.2, 0) is 5.41 Å². The summed E-state index contributed by atoms with van der Waals surface area (Å²) in [6.07, 6.45) is 0. The van der Waals surface area contributed by atoms with Gasteiger partial charge in [-0.25, -0.2) is 0 Å². The van der Waals surface area contributed by atoms with Gasteiger partial charge in [0.15, 0.2) is 0 Å². The fraction of sp³-hybridized carbons (Fsp3) is 0.455. The van der Waals surface area contributed by atoms with Crippen LogP contribution in [0.15, 0.2) is 16.6 Å². The third-order valence-corrected chi connectivity index (χ3v) is 2.79. The van der Waals surface area contributed by atoms with Crippen molar-refractivity contribution in [2.75, 3.05) is 7.11 Å². The molecule has 0 atom stereocenters. The van der Waals surface area contributed by atoms with Crippen LogP contribution in [0.5, 0.6) is 5.75 Å². The minimum absolute atomic E-state index is 0.111. The highest BCUT2D eigenvalue weighted by Crippen LogP contribution is 2.35. The molecule has 0 fully saturated rings. The van der Waals surface area contributed by atoms with E-state index in [4.69, 9.17) is 4.74 Å². The number of rotatable bonds is 1. The predicted octanol–water partition coefficient (Wildman–Crippen LogP) is 2.01. The van der Waals surface area contributed by atoms with E-state index in [1.807, 2.05) is 0 Å². The van der Waals surface area contributed by atoms with Gasteiger partial charge in [0, 0.05) is 5.56 Å². The lowest BCUT2D eigenvalue weighted by Crippen LogP contribution is -2.17. The van der Waals surface area contributed by atoms with Gasteiger partial charge in [0.2, 0.25) is 0 Å². The van der Waals surface area contributed by atoms with Crippen molar-refractivity contribution in [3.05, 3.63) is 22.2 Å². The Kier molecular flexibility index (Phi) is 3.30. The smallest absolute Gasteiger partial charge is 0.139 e. The molecule has 0 aliphatic carbocycles. The number of methoxy groups -OCH3 is 1. The van der Waals surface area contributed by atoms with E-state index in [9.17, 15) is 0 Å². The molecule has 0 unspecified atom stereocenters. The maximum absolute atomic E-state index is 5.41. The Morgan fingerprint density at radius 2 is 1.86 bits per heavy atom. The zero-order valence-corrected chi connectivity index (χ0v) is 11.0. The summed E-state index contributed by atoms with van der Waals surface area (Å²) in [5.74, 6) is 0.947. The quantitative estimate of drug-likeness (QED) is 0.697. The van der Waals surface area contributed by atoms with Crippen molar-refractivity contribution < 1.29 is 4.74 Å². The fourth-order valence-corrected chi connectivity index (χ4v) is 2.23. The van der Waals surface area contributed by atoms with Crippen molar-refractivity contribution in [1.29, 1.82) is 0 Å². The number of ether oxygens (including phenoxy) is 1. The van der Waals surface area contributed by atoms with Crippen molar-refractivity contribution in [3.63, 3.8) is 0 Å². The van der Waals surface area contributed by atoms with Crippen LogP contribution >= 0.6 is 15.9 Å². The molecule has 0 amide bonds. The zero-order chi connectivity index (χ0) is 10.9. The number of halogens is 1. The minimum atomic E-state index is 0.111. The summed E-state index contributed by atoms with van der Waals surface area (Å²) in [5.41, 5.74) is 2.61. The van der Waals surface area contributed by atoms with E-state index in [2.05, 4.69) is 56.7 Å². The van der Waals surface area contributed by atoms with Gasteiger partial charge >= 0.3 is 0 Å². The van der Waals surface area contributed by atoms with Gasteiger partial charge in [0.25, 0.3) is 0 Å². The summed E-state index contributed by atoms with van der Waals surface area (Å²) in [5, 5.41) is 0. The molecule has 0 aliphatic heterocycles. The summed E-state index contributed by atoms with van der Waals surface area (Å²) in [7, 11) is 3.81. The molecule has 0 aromatic heterocycles. The average molecular weight is 255 g/mol. The number of hydrogen-bond acceptors (Lipinski definition) is 1. The van der Waals surface area contributed by atoms with E-state index in [0.29, 0.717) is 0 Å². The van der Waals surface area contributed by atoms with Crippen LogP contribution in [0.1, 0.15) is 26.3 Å². The molecule has 3 heteroatoms. The van der Waals surface area contributed by atoms with Gasteiger partial charge in [-0.2, -0.15) is 0 Å². The van der Waals surface area contributed by atoms with Crippen molar-refractivity contribution in [1.82, 2.24) is 0 Å². The topological polar surface area (TPSA) is 9.23 Å². The predicted molar refractivity (Wildman–Crippen MR) is 67.6 cm³/mol. The molecular weight excluding hydrogens is 239 g/mol. The second kappa shape index (κ2) is 3.97. The molecule has 1 aromatic carbocycles. The lowest BCUT2D eigenvalue weighted by atomic mass is 9.82. The molecule has 1 rings (SSSR count). The number of hydrogen-bond donors (Lipinski definition) is 0. The van der Waals surface area contributed by atoms with E-state index in [1.165, 1.54) is 11.0 Å². The molecule has 0 saturated heterocycles. The normalized spacial score (nSPS) is 11.5. The maximum Gasteiger partial charge on any atom is 0.139 e. The summed E-state index contributed by atoms with van der Waals surface area (Å²) >= 11 is 3.53. The average Bonchev–Trinajstić information content (AvgIpc) is 2.01. The van der Waals surface area contributed by atoms with Crippen LogP contribution < -0.4 is 10.2 Å². The van der Waals surface area contributed by atoms with E-state index in [-0.39, 0.29) is 5.41 Å². The van der Waals surface area contributed by atoms with Gasteiger partial charge in [0.1, 0.15) is 13.6 Å². The molecule has 76 valence electrons. The molecule has 1 aromatic rings. The zero-order valence-electron chi connectivity index (χ0n) is 9.44. The summed E-state index contributed by atoms with van der Waals surface area (Å²) in [6.45, 7) is 6.57. The van der Waals surface area contributed by atoms with Crippen molar-refractivity contribution in [3.8, 4) is 5.75 Å². The molecule has 0 aliphatic rings. The molecule has 0 saturated carbocycles. The van der Waals surface area contributed by atoms with Gasteiger partial charge in [-0.3, -0.25) is 0 Å². The van der Waals surface area contributed by atoms with Crippen molar-refractivity contribution in [2.24, 2.45) is 0 Å². The van der Waals surface area contributed by atoms with Gasteiger partial charge in [-0.05, 0) is 21.3 Å². The maximum atomic E-state index is 5.41. The first-order valence-electron chi connectivity index (χ1n) is 4.71. The van der Waals surface area contributed by atoms with Gasteiger partial charge < -0.3 is 4.74 Å². The van der Waals surface area contributed by atoms with Crippen LogP contribution in [0.25, 0.3) is 0 Å². The van der Waals surface area contributed by atoms with E-state index >= 15 is 0 Å². The van der Waals surface area contributed by atoms with Crippen molar-refractivity contribution in [2.45, 2.75) is 26.2 Å². The Bertz CT molecular complexity index is 342. The van der Waals surface area contributed by atoms with Gasteiger partial charge in [-0.15, -0.1) is 0 Å². The SMILES string of the molecule is Bc1cc(Br)c(OC)c(C(C)(C)C)c1. The van der Waals surface area contributed by atoms with Crippen molar-refractivity contribution >= 4 is 29.2 Å². The highest BCUT2D eigenvalue weighted by Gasteiger charge is 2.20.